The molecular formula is C32H44N2O8. The van der Waals surface area contributed by atoms with Gasteiger partial charge in [-0.3, -0.25) is 9.69 Å². The van der Waals surface area contributed by atoms with Crippen molar-refractivity contribution in [2.45, 2.75) is 87.1 Å². The molecule has 1 spiro atoms. The fourth-order valence-electron chi connectivity index (χ4n) is 11.6. The molecular weight excluding hydrogens is 540 g/mol. The normalized spacial score (nSPS) is 48.2. The molecule has 230 valence electrons. The molecule has 1 aromatic carbocycles. The molecule has 7 bridgehead atoms. The molecule has 6 unspecified atom stereocenters. The van der Waals surface area contributed by atoms with E-state index in [1.807, 2.05) is 0 Å². The Balaban J connectivity index is 1.38. The number of carbonyl (C=O) groups excluding carboxylic acids is 2. The van der Waals surface area contributed by atoms with E-state index in [1.54, 1.807) is 45.6 Å². The van der Waals surface area contributed by atoms with Crippen molar-refractivity contribution in [1.82, 2.24) is 4.90 Å². The third-order valence-corrected chi connectivity index (χ3v) is 12.6. The Hall–Kier alpha value is -2.08. The Morgan fingerprint density at radius 3 is 2.50 bits per heavy atom. The van der Waals surface area contributed by atoms with Crippen LogP contribution in [0.15, 0.2) is 24.3 Å². The number of carbonyl (C=O) groups is 2. The summed E-state index contributed by atoms with van der Waals surface area (Å²) in [6.07, 6.45) is 1.91. The molecule has 10 heteroatoms. The summed E-state index contributed by atoms with van der Waals surface area (Å²) in [5, 5.41) is 28.4. The molecule has 10 nitrogen and oxygen atoms in total. The number of hydrogen-bond donors (Lipinski definition) is 3. The van der Waals surface area contributed by atoms with Gasteiger partial charge in [0.2, 0.25) is 5.91 Å². The molecule has 1 saturated heterocycles. The summed E-state index contributed by atoms with van der Waals surface area (Å²) >= 11 is 0. The molecule has 12 atom stereocenters. The summed E-state index contributed by atoms with van der Waals surface area (Å²) in [5.74, 6) is -1.54. The number of para-hydroxylation sites is 1. The number of amides is 1. The van der Waals surface area contributed by atoms with Gasteiger partial charge >= 0.3 is 5.97 Å². The molecule has 6 fully saturated rings. The molecule has 3 N–H and O–H groups in total. The lowest BCUT2D eigenvalue weighted by atomic mass is 9.44. The zero-order valence-corrected chi connectivity index (χ0v) is 25.2. The monoisotopic (exact) mass is 584 g/mol. The van der Waals surface area contributed by atoms with Crippen LogP contribution >= 0.6 is 0 Å². The molecule has 1 amide bonds. The van der Waals surface area contributed by atoms with Gasteiger partial charge in [0.05, 0.1) is 29.6 Å². The average molecular weight is 585 g/mol. The van der Waals surface area contributed by atoms with Gasteiger partial charge in [-0.15, -0.1) is 0 Å². The summed E-state index contributed by atoms with van der Waals surface area (Å²) in [5.41, 5.74) is -3.57. The molecule has 5 saturated carbocycles. The van der Waals surface area contributed by atoms with E-state index in [9.17, 15) is 19.8 Å². The number of esters is 1. The fraction of sp³-hybridized carbons (Fsp3) is 0.750. The summed E-state index contributed by atoms with van der Waals surface area (Å²) in [7, 11) is 5.05. The molecule has 1 aromatic rings. The lowest BCUT2D eigenvalue weighted by molar-refractivity contribution is -0.337. The van der Waals surface area contributed by atoms with Gasteiger partial charge in [-0.2, -0.15) is 0 Å². The van der Waals surface area contributed by atoms with E-state index >= 15 is 0 Å². The van der Waals surface area contributed by atoms with Gasteiger partial charge in [0.1, 0.15) is 16.8 Å². The van der Waals surface area contributed by atoms with Crippen LogP contribution in [0.25, 0.3) is 0 Å². The number of benzene rings is 1. The van der Waals surface area contributed by atoms with Gasteiger partial charge < -0.3 is 34.5 Å². The van der Waals surface area contributed by atoms with Crippen LogP contribution in [0.5, 0.6) is 0 Å². The second-order valence-electron chi connectivity index (χ2n) is 13.7. The van der Waals surface area contributed by atoms with Crippen molar-refractivity contribution >= 4 is 17.6 Å². The molecule has 0 radical (unpaired) electrons. The highest BCUT2D eigenvalue weighted by Crippen LogP contribution is 2.79. The van der Waals surface area contributed by atoms with Gasteiger partial charge in [0, 0.05) is 76.3 Å². The number of aliphatic hydroxyl groups is 2. The zero-order chi connectivity index (χ0) is 29.8. The Morgan fingerprint density at radius 2 is 1.83 bits per heavy atom. The number of likely N-dealkylation sites (N-methyl/N-ethyl adjacent to an activating group) is 1. The van der Waals surface area contributed by atoms with Crippen molar-refractivity contribution in [3.8, 4) is 0 Å². The Labute approximate surface area is 247 Å². The van der Waals surface area contributed by atoms with E-state index in [2.05, 4.69) is 17.1 Å². The molecule has 0 aromatic heterocycles. The summed E-state index contributed by atoms with van der Waals surface area (Å²) in [6.45, 7) is 4.79. The minimum absolute atomic E-state index is 0.0432. The Morgan fingerprint density at radius 1 is 1.07 bits per heavy atom. The van der Waals surface area contributed by atoms with Gasteiger partial charge in [-0.1, -0.05) is 19.1 Å². The van der Waals surface area contributed by atoms with Crippen LogP contribution < -0.4 is 5.32 Å². The van der Waals surface area contributed by atoms with Crippen LogP contribution in [-0.2, 0) is 23.7 Å². The van der Waals surface area contributed by atoms with Crippen molar-refractivity contribution in [1.29, 1.82) is 0 Å². The smallest absolute Gasteiger partial charge is 0.340 e. The first kappa shape index (κ1) is 28.7. The van der Waals surface area contributed by atoms with E-state index in [4.69, 9.17) is 18.9 Å². The Kier molecular flexibility index (Phi) is 6.46. The van der Waals surface area contributed by atoms with Crippen molar-refractivity contribution < 1.29 is 38.7 Å². The molecule has 42 heavy (non-hydrogen) atoms. The third-order valence-electron chi connectivity index (χ3n) is 12.6. The first-order valence-corrected chi connectivity index (χ1v) is 15.4. The van der Waals surface area contributed by atoms with Crippen molar-refractivity contribution in [3.05, 3.63) is 29.8 Å². The SMILES string of the molecule is CCN1C[C@]2(OC(=O)c3ccccc3NC(C)=O)CCC(OC)C34C2CC([C@@H]13)[C@@]1(O)C[C@H](OC)[C@H]2CC4[C@]1(O)C2OC. The highest BCUT2D eigenvalue weighted by molar-refractivity contribution is 6.00. The van der Waals surface area contributed by atoms with Crippen LogP contribution in [0.2, 0.25) is 0 Å². The lowest BCUT2D eigenvalue weighted by Gasteiger charge is -2.70. The highest BCUT2D eigenvalue weighted by Gasteiger charge is 2.89. The number of ether oxygens (including phenoxy) is 4. The van der Waals surface area contributed by atoms with Crippen LogP contribution in [0.4, 0.5) is 5.69 Å². The topological polar surface area (TPSA) is 127 Å². The van der Waals surface area contributed by atoms with Crippen molar-refractivity contribution in [2.75, 3.05) is 39.7 Å². The molecule has 5 aliphatic carbocycles. The second-order valence-corrected chi connectivity index (χ2v) is 13.7. The number of anilines is 1. The molecule has 1 aliphatic heterocycles. The van der Waals surface area contributed by atoms with Gasteiger partial charge in [-0.05, 0) is 44.4 Å². The second kappa shape index (κ2) is 9.46. The first-order valence-electron chi connectivity index (χ1n) is 15.4. The van der Waals surface area contributed by atoms with Gasteiger partial charge in [0.25, 0.3) is 0 Å². The lowest BCUT2D eigenvalue weighted by Crippen LogP contribution is -2.83. The summed E-state index contributed by atoms with van der Waals surface area (Å²) in [4.78, 5) is 28.3. The largest absolute Gasteiger partial charge is 0.454 e. The number of fused-ring (bicyclic) bond motifs is 2. The van der Waals surface area contributed by atoms with Crippen LogP contribution in [0, 0.1) is 29.1 Å². The van der Waals surface area contributed by atoms with Crippen molar-refractivity contribution in [3.63, 3.8) is 0 Å². The number of methoxy groups -OCH3 is 3. The molecule has 1 heterocycles. The molecule has 6 aliphatic rings. The number of likely N-dealkylation sites (tertiary alicyclic amines) is 1. The van der Waals surface area contributed by atoms with Crippen LogP contribution in [0.1, 0.15) is 56.3 Å². The standard InChI is InChI=1S/C32H44N2O8/c1-6-34-16-29(42-28(36)18-9-7-8-10-21(18)33-17(2)35)12-11-25(40-4)31-23(29)14-20(26(31)34)30(37)15-22(39-3)19-13-24(31)32(30,38)27(19)41-5/h7-10,19-20,22-27,37-38H,6,11-16H2,1-5H3,(H,33,35)/t19-,20?,22+,23?,24?,25?,26-,27?,29-,30+,31?,32+/m1/s1. The predicted octanol–water partition coefficient (Wildman–Crippen LogP) is 2.22. The van der Waals surface area contributed by atoms with Crippen LogP contribution in [0.3, 0.4) is 0 Å². The van der Waals surface area contributed by atoms with E-state index in [-0.39, 0.29) is 47.8 Å². The summed E-state index contributed by atoms with van der Waals surface area (Å²) in [6, 6.07) is 6.89. The average Bonchev–Trinajstić information content (AvgIpc) is 3.39. The number of rotatable bonds is 7. The first-order chi connectivity index (χ1) is 20.1. The fourth-order valence-corrected chi connectivity index (χ4v) is 11.6. The van der Waals surface area contributed by atoms with E-state index in [1.165, 1.54) is 6.92 Å². The van der Waals surface area contributed by atoms with Gasteiger partial charge in [-0.25, -0.2) is 4.79 Å². The minimum atomic E-state index is -1.48. The number of nitrogens with one attached hydrogen (secondary N) is 1. The maximum atomic E-state index is 14.0. The maximum Gasteiger partial charge on any atom is 0.340 e. The predicted molar refractivity (Wildman–Crippen MR) is 152 cm³/mol. The highest BCUT2D eigenvalue weighted by atomic mass is 16.6. The van der Waals surface area contributed by atoms with Crippen LogP contribution in [-0.4, -0.2) is 103 Å². The number of piperidine rings is 1. The van der Waals surface area contributed by atoms with Gasteiger partial charge in [0.15, 0.2) is 0 Å². The third kappa shape index (κ3) is 3.21. The van der Waals surface area contributed by atoms with E-state index in [0.717, 1.165) is 0 Å². The van der Waals surface area contributed by atoms with Crippen molar-refractivity contribution in [2.24, 2.45) is 29.1 Å². The van der Waals surface area contributed by atoms with E-state index in [0.29, 0.717) is 56.4 Å². The number of nitrogens with zero attached hydrogens (tertiary/aromatic N) is 1. The van der Waals surface area contributed by atoms with E-state index < -0.39 is 34.3 Å². The summed E-state index contributed by atoms with van der Waals surface area (Å²) < 4.78 is 25.1. The quantitative estimate of drug-likeness (QED) is 0.414. The molecule has 7 rings (SSSR count). The zero-order valence-electron chi connectivity index (χ0n) is 25.2. The Bertz CT molecular complexity index is 1290. The maximum absolute atomic E-state index is 14.0. The minimum Gasteiger partial charge on any atom is -0.454 e. The number of hydrogen-bond acceptors (Lipinski definition) is 9.